The van der Waals surface area contributed by atoms with Gasteiger partial charge in [-0.05, 0) is 19.1 Å². The van der Waals surface area contributed by atoms with E-state index in [1.807, 2.05) is 0 Å². The topological polar surface area (TPSA) is 113 Å². The van der Waals surface area contributed by atoms with E-state index >= 15 is 0 Å². The third-order valence-corrected chi connectivity index (χ3v) is 3.08. The van der Waals surface area contributed by atoms with Gasteiger partial charge in [0, 0.05) is 23.9 Å². The second-order valence-corrected chi connectivity index (χ2v) is 5.24. The van der Waals surface area contributed by atoms with Gasteiger partial charge in [0.1, 0.15) is 5.82 Å². The van der Waals surface area contributed by atoms with Crippen molar-refractivity contribution in [1.29, 1.82) is 0 Å². The number of hydrogen-bond acceptors (Lipinski definition) is 7. The summed E-state index contributed by atoms with van der Waals surface area (Å²) in [4.78, 5) is 16.9. The first kappa shape index (κ1) is 19.3. The second kappa shape index (κ2) is 7.47. The van der Waals surface area contributed by atoms with E-state index < -0.39 is 40.3 Å². The van der Waals surface area contributed by atoms with Crippen molar-refractivity contribution in [3.05, 3.63) is 45.9 Å². The summed E-state index contributed by atoms with van der Waals surface area (Å²) < 4.78 is 52.3. The van der Waals surface area contributed by atoms with Crippen LogP contribution in [0.4, 0.5) is 40.7 Å². The number of aliphatic hydroxyl groups is 1. The average Bonchev–Trinajstić information content (AvgIpc) is 2.55. The summed E-state index contributed by atoms with van der Waals surface area (Å²) in [5, 5.41) is 24.7. The molecule has 0 aliphatic rings. The molecule has 8 nitrogen and oxygen atoms in total. The molecule has 0 radical (unpaired) electrons. The van der Waals surface area contributed by atoms with Gasteiger partial charge in [0.25, 0.3) is 0 Å². The van der Waals surface area contributed by atoms with E-state index in [0.29, 0.717) is 6.07 Å². The molecule has 0 unspecified atom stereocenters. The Bertz CT molecular complexity index is 816. The highest BCUT2D eigenvalue weighted by Gasteiger charge is 2.34. The highest BCUT2D eigenvalue weighted by atomic mass is 19.4. The predicted octanol–water partition coefficient (Wildman–Crippen LogP) is 3.08. The van der Waals surface area contributed by atoms with E-state index in [1.54, 1.807) is 0 Å². The molecule has 0 amide bonds. The van der Waals surface area contributed by atoms with Gasteiger partial charge in [-0.3, -0.25) is 10.1 Å². The van der Waals surface area contributed by atoms with Crippen LogP contribution in [0.5, 0.6) is 0 Å². The molecule has 0 aliphatic heterocycles. The van der Waals surface area contributed by atoms with Crippen molar-refractivity contribution in [3.63, 3.8) is 0 Å². The minimum Gasteiger partial charge on any atom is -0.394 e. The first-order valence-electron chi connectivity index (χ1n) is 7.14. The number of nitrogens with one attached hydrogen (secondary N) is 2. The molecule has 2 aromatic rings. The van der Waals surface area contributed by atoms with Gasteiger partial charge in [-0.25, -0.2) is 4.98 Å². The maximum atomic E-state index is 13.3. The molecule has 12 heteroatoms. The number of rotatable bonds is 6. The molecule has 1 heterocycles. The molecule has 0 saturated heterocycles. The van der Waals surface area contributed by atoms with Gasteiger partial charge in [0.2, 0.25) is 11.8 Å². The maximum absolute atomic E-state index is 13.3. The normalized spacial score (nSPS) is 12.5. The Balaban J connectivity index is 2.40. The lowest BCUT2D eigenvalue weighted by Crippen LogP contribution is -2.22. The summed E-state index contributed by atoms with van der Waals surface area (Å²) in [7, 11) is 0. The van der Waals surface area contributed by atoms with Crippen LogP contribution in [0.15, 0.2) is 24.3 Å². The SMILES string of the molecule is C[C@H](CO)Nc1nc(Nc2ccc(F)c([N+](=O)[O-])c2)cc(C(F)(F)F)n1. The first-order valence-corrected chi connectivity index (χ1v) is 7.14. The molecule has 3 N–H and O–H groups in total. The molecular formula is C14H13F4N5O3. The number of halogens is 4. The fourth-order valence-electron chi connectivity index (χ4n) is 1.87. The summed E-state index contributed by atoms with van der Waals surface area (Å²) in [5.74, 6) is -1.81. The van der Waals surface area contributed by atoms with Crippen LogP contribution in [-0.2, 0) is 6.18 Å². The van der Waals surface area contributed by atoms with Crippen LogP contribution < -0.4 is 10.6 Å². The Kier molecular flexibility index (Phi) is 5.55. The second-order valence-electron chi connectivity index (χ2n) is 5.24. The lowest BCUT2D eigenvalue weighted by Gasteiger charge is -2.15. The Labute approximate surface area is 144 Å². The van der Waals surface area contributed by atoms with Crippen molar-refractivity contribution in [2.24, 2.45) is 0 Å². The molecule has 26 heavy (non-hydrogen) atoms. The van der Waals surface area contributed by atoms with E-state index in [1.165, 1.54) is 6.92 Å². The third-order valence-electron chi connectivity index (χ3n) is 3.08. The zero-order chi connectivity index (χ0) is 19.5. The van der Waals surface area contributed by atoms with E-state index in [0.717, 1.165) is 18.2 Å². The zero-order valence-electron chi connectivity index (χ0n) is 13.2. The summed E-state index contributed by atoms with van der Waals surface area (Å²) in [6.45, 7) is 1.13. The van der Waals surface area contributed by atoms with Crippen molar-refractivity contribution in [3.8, 4) is 0 Å². The van der Waals surface area contributed by atoms with E-state index in [-0.39, 0.29) is 18.1 Å². The fraction of sp³-hybridized carbons (Fsp3) is 0.286. The molecule has 140 valence electrons. The molecule has 0 bridgehead atoms. The van der Waals surface area contributed by atoms with Crippen molar-refractivity contribution >= 4 is 23.1 Å². The largest absolute Gasteiger partial charge is 0.433 e. The first-order chi connectivity index (χ1) is 12.1. The number of nitro benzene ring substituents is 1. The van der Waals surface area contributed by atoms with Gasteiger partial charge in [-0.15, -0.1) is 0 Å². The predicted molar refractivity (Wildman–Crippen MR) is 83.5 cm³/mol. The van der Waals surface area contributed by atoms with Gasteiger partial charge in [0.05, 0.1) is 11.5 Å². The van der Waals surface area contributed by atoms with Gasteiger partial charge in [-0.1, -0.05) is 0 Å². The number of anilines is 3. The number of hydrogen-bond donors (Lipinski definition) is 3. The maximum Gasteiger partial charge on any atom is 0.433 e. The average molecular weight is 375 g/mol. The van der Waals surface area contributed by atoms with Crippen molar-refractivity contribution in [1.82, 2.24) is 9.97 Å². The van der Waals surface area contributed by atoms with Crippen LogP contribution in [0.1, 0.15) is 12.6 Å². The molecule has 0 aliphatic carbocycles. The zero-order valence-corrected chi connectivity index (χ0v) is 13.2. The lowest BCUT2D eigenvalue weighted by atomic mass is 10.2. The molecule has 0 spiro atoms. The van der Waals surface area contributed by atoms with E-state index in [9.17, 15) is 27.7 Å². The van der Waals surface area contributed by atoms with Crippen LogP contribution in [-0.4, -0.2) is 32.6 Å². The van der Waals surface area contributed by atoms with Gasteiger partial charge in [-0.2, -0.15) is 22.5 Å². The molecule has 0 saturated carbocycles. The highest BCUT2D eigenvalue weighted by Crippen LogP contribution is 2.31. The van der Waals surface area contributed by atoms with E-state index in [2.05, 4.69) is 20.6 Å². The highest BCUT2D eigenvalue weighted by molar-refractivity contribution is 5.61. The summed E-state index contributed by atoms with van der Waals surface area (Å²) in [6.07, 6.45) is -4.77. The minimum atomic E-state index is -4.77. The van der Waals surface area contributed by atoms with Crippen LogP contribution >= 0.6 is 0 Å². The number of aromatic nitrogens is 2. The Morgan fingerprint density at radius 3 is 2.58 bits per heavy atom. The quantitative estimate of drug-likeness (QED) is 0.404. The molecule has 0 fully saturated rings. The summed E-state index contributed by atoms with van der Waals surface area (Å²) in [6, 6.07) is 2.73. The van der Waals surface area contributed by atoms with E-state index in [4.69, 9.17) is 5.11 Å². The summed E-state index contributed by atoms with van der Waals surface area (Å²) in [5.41, 5.74) is -2.14. The number of aliphatic hydroxyl groups excluding tert-OH is 1. The number of nitrogens with zero attached hydrogens (tertiary/aromatic N) is 3. The molecule has 2 rings (SSSR count). The fourth-order valence-corrected chi connectivity index (χ4v) is 1.87. The van der Waals surface area contributed by atoms with Gasteiger partial charge in [0.15, 0.2) is 5.69 Å². The molecular weight excluding hydrogens is 362 g/mol. The standard InChI is InChI=1S/C14H13F4N5O3/c1-7(6-24)19-13-21-11(14(16,17)18)5-12(22-13)20-8-2-3-9(15)10(4-8)23(25)26/h2-5,7,24H,6H2,1H3,(H2,19,20,21,22)/t7-/m1/s1. The van der Waals surface area contributed by atoms with Crippen molar-refractivity contribution in [2.45, 2.75) is 19.1 Å². The minimum absolute atomic E-state index is 0.0360. The van der Waals surface area contributed by atoms with Crippen molar-refractivity contribution < 1.29 is 27.6 Å². The number of alkyl halides is 3. The Morgan fingerprint density at radius 1 is 1.31 bits per heavy atom. The number of nitro groups is 1. The van der Waals surface area contributed by atoms with Crippen LogP contribution in [0.25, 0.3) is 0 Å². The molecule has 1 atom stereocenters. The Morgan fingerprint density at radius 2 is 2.00 bits per heavy atom. The van der Waals surface area contributed by atoms with Crippen molar-refractivity contribution in [2.75, 3.05) is 17.2 Å². The lowest BCUT2D eigenvalue weighted by molar-refractivity contribution is -0.387. The molecule has 1 aromatic heterocycles. The summed E-state index contributed by atoms with van der Waals surface area (Å²) >= 11 is 0. The van der Waals surface area contributed by atoms with Crippen LogP contribution in [0, 0.1) is 15.9 Å². The van der Waals surface area contributed by atoms with Gasteiger partial charge < -0.3 is 15.7 Å². The van der Waals surface area contributed by atoms with Gasteiger partial charge >= 0.3 is 11.9 Å². The monoisotopic (exact) mass is 375 g/mol. The third kappa shape index (κ3) is 4.75. The van der Waals surface area contributed by atoms with Crippen LogP contribution in [0.2, 0.25) is 0 Å². The smallest absolute Gasteiger partial charge is 0.394 e. The number of benzene rings is 1. The molecule has 1 aromatic carbocycles. The van der Waals surface area contributed by atoms with Crippen LogP contribution in [0.3, 0.4) is 0 Å². The Hall–Kier alpha value is -3.02.